The van der Waals surface area contributed by atoms with E-state index in [-0.39, 0.29) is 6.61 Å². The number of hydrogen-bond acceptors (Lipinski definition) is 4. The van der Waals surface area contributed by atoms with Crippen LogP contribution >= 0.6 is 0 Å². The summed E-state index contributed by atoms with van der Waals surface area (Å²) in [6, 6.07) is 8.65. The molecular weight excluding hydrogens is 288 g/mol. The van der Waals surface area contributed by atoms with Crippen molar-refractivity contribution in [3.63, 3.8) is 0 Å². The minimum Gasteiger partial charge on any atom is -0.395 e. The lowest BCUT2D eigenvalue weighted by molar-refractivity contribution is 0.0661. The van der Waals surface area contributed by atoms with Gasteiger partial charge in [0.25, 0.3) is 0 Å². The second-order valence-corrected chi connectivity index (χ2v) is 7.03. The third-order valence-electron chi connectivity index (χ3n) is 5.46. The Bertz CT molecular complexity index is 463. The fraction of sp³-hybridized carbons (Fsp3) is 0.684. The van der Waals surface area contributed by atoms with Crippen molar-refractivity contribution < 1.29 is 10.2 Å². The molecule has 1 atom stereocenters. The number of hydrogen-bond donors (Lipinski definition) is 2. The average molecular weight is 318 g/mol. The maximum Gasteiger partial charge on any atom is 0.0916 e. The summed E-state index contributed by atoms with van der Waals surface area (Å²) >= 11 is 0. The number of nitrogens with zero attached hydrogens (tertiary/aromatic N) is 2. The van der Waals surface area contributed by atoms with Crippen LogP contribution in [0, 0.1) is 0 Å². The molecule has 0 radical (unpaired) electrons. The largest absolute Gasteiger partial charge is 0.395 e. The van der Waals surface area contributed by atoms with E-state index in [9.17, 15) is 5.11 Å². The molecule has 1 saturated carbocycles. The first kappa shape index (κ1) is 16.9. The molecule has 0 aromatic heterocycles. The van der Waals surface area contributed by atoms with Gasteiger partial charge in [0.15, 0.2) is 0 Å². The van der Waals surface area contributed by atoms with Gasteiger partial charge in [-0.3, -0.25) is 9.80 Å². The third-order valence-corrected chi connectivity index (χ3v) is 5.46. The topological polar surface area (TPSA) is 46.9 Å². The number of aliphatic hydroxyl groups is 2. The molecule has 1 saturated heterocycles. The summed E-state index contributed by atoms with van der Waals surface area (Å²) in [5.41, 5.74) is 2.47. The van der Waals surface area contributed by atoms with Crippen LogP contribution in [0.4, 0.5) is 0 Å². The average Bonchev–Trinajstić information content (AvgIpc) is 3.11. The molecule has 1 aromatic carbocycles. The zero-order valence-electron chi connectivity index (χ0n) is 14.0. The number of β-amino-alcohol motifs (C(OH)–C–C–N with tert-alkyl or cyclic N) is 2. The summed E-state index contributed by atoms with van der Waals surface area (Å²) in [6.45, 7) is 5.60. The molecule has 2 aliphatic rings. The van der Waals surface area contributed by atoms with Crippen LogP contribution in [0.15, 0.2) is 24.3 Å². The number of benzene rings is 1. The quantitative estimate of drug-likeness (QED) is 0.842. The highest BCUT2D eigenvalue weighted by molar-refractivity contribution is 5.27. The summed E-state index contributed by atoms with van der Waals surface area (Å²) in [7, 11) is 0. The maximum absolute atomic E-state index is 10.5. The van der Waals surface area contributed by atoms with Crippen LogP contribution in [-0.2, 0) is 0 Å². The van der Waals surface area contributed by atoms with Crippen LogP contribution in [0.3, 0.4) is 0 Å². The summed E-state index contributed by atoms with van der Waals surface area (Å²) in [5, 5.41) is 19.5. The molecule has 4 nitrogen and oxygen atoms in total. The van der Waals surface area contributed by atoms with Gasteiger partial charge < -0.3 is 10.2 Å². The van der Waals surface area contributed by atoms with Gasteiger partial charge in [0, 0.05) is 39.3 Å². The molecule has 1 heterocycles. The van der Waals surface area contributed by atoms with Gasteiger partial charge in [-0.25, -0.2) is 0 Å². The zero-order chi connectivity index (χ0) is 16.1. The van der Waals surface area contributed by atoms with Crippen molar-refractivity contribution >= 4 is 0 Å². The van der Waals surface area contributed by atoms with Gasteiger partial charge in [-0.1, -0.05) is 37.1 Å². The van der Waals surface area contributed by atoms with Gasteiger partial charge in [0.05, 0.1) is 12.7 Å². The predicted molar refractivity (Wildman–Crippen MR) is 92.6 cm³/mol. The lowest BCUT2D eigenvalue weighted by Crippen LogP contribution is -2.48. The van der Waals surface area contributed by atoms with E-state index in [4.69, 9.17) is 5.11 Å². The molecule has 2 fully saturated rings. The second-order valence-electron chi connectivity index (χ2n) is 7.03. The normalized spacial score (nSPS) is 22.5. The lowest BCUT2D eigenvalue weighted by Gasteiger charge is -2.35. The molecule has 23 heavy (non-hydrogen) atoms. The summed E-state index contributed by atoms with van der Waals surface area (Å²) in [6.07, 6.45) is 4.95. The van der Waals surface area contributed by atoms with E-state index in [0.29, 0.717) is 6.54 Å². The minimum atomic E-state index is -0.406. The van der Waals surface area contributed by atoms with Crippen molar-refractivity contribution in [3.8, 4) is 0 Å². The highest BCUT2D eigenvalue weighted by Crippen LogP contribution is 2.34. The van der Waals surface area contributed by atoms with Gasteiger partial charge in [-0.15, -0.1) is 0 Å². The Kier molecular flexibility index (Phi) is 6.06. The van der Waals surface area contributed by atoms with Crippen LogP contribution < -0.4 is 0 Å². The molecule has 1 aliphatic heterocycles. The Labute approximate surface area is 139 Å². The fourth-order valence-corrected chi connectivity index (χ4v) is 3.94. The van der Waals surface area contributed by atoms with E-state index in [1.165, 1.54) is 31.2 Å². The van der Waals surface area contributed by atoms with Gasteiger partial charge >= 0.3 is 0 Å². The molecule has 1 aliphatic carbocycles. The van der Waals surface area contributed by atoms with E-state index in [1.54, 1.807) is 0 Å². The van der Waals surface area contributed by atoms with Gasteiger partial charge in [0.2, 0.25) is 0 Å². The minimum absolute atomic E-state index is 0.232. The van der Waals surface area contributed by atoms with Crippen LogP contribution in [-0.4, -0.2) is 65.9 Å². The Morgan fingerprint density at radius 2 is 1.57 bits per heavy atom. The van der Waals surface area contributed by atoms with Crippen LogP contribution in [0.1, 0.15) is 48.8 Å². The lowest BCUT2D eigenvalue weighted by atomic mass is 9.95. The summed E-state index contributed by atoms with van der Waals surface area (Å²) in [4.78, 5) is 4.60. The van der Waals surface area contributed by atoms with E-state index >= 15 is 0 Å². The van der Waals surface area contributed by atoms with Gasteiger partial charge in [0.1, 0.15) is 0 Å². The number of rotatable bonds is 6. The smallest absolute Gasteiger partial charge is 0.0916 e. The second kappa shape index (κ2) is 8.25. The highest BCUT2D eigenvalue weighted by Gasteiger charge is 2.20. The van der Waals surface area contributed by atoms with Crippen molar-refractivity contribution in [3.05, 3.63) is 35.4 Å². The predicted octanol–water partition coefficient (Wildman–Crippen LogP) is 1.99. The van der Waals surface area contributed by atoms with E-state index in [0.717, 1.165) is 44.2 Å². The highest BCUT2D eigenvalue weighted by atomic mass is 16.3. The van der Waals surface area contributed by atoms with Gasteiger partial charge in [-0.2, -0.15) is 0 Å². The molecule has 2 N–H and O–H groups in total. The standard InChI is InChI=1S/C19H30N2O2/c22-14-13-20-9-11-21(12-10-20)15-19(23)18-7-5-17(6-8-18)16-3-1-2-4-16/h5-8,16,19,22-23H,1-4,9-15H2/t19-/m1/s1. The SMILES string of the molecule is OCCN1CCN(C[C@@H](O)c2ccc(C3CCCC3)cc2)CC1. The fourth-order valence-electron chi connectivity index (χ4n) is 3.94. The molecular formula is C19H30N2O2. The Balaban J connectivity index is 1.49. The molecule has 0 amide bonds. The monoisotopic (exact) mass is 318 g/mol. The Morgan fingerprint density at radius 3 is 2.17 bits per heavy atom. The summed E-state index contributed by atoms with van der Waals surface area (Å²) < 4.78 is 0. The first-order valence-corrected chi connectivity index (χ1v) is 9.10. The summed E-state index contributed by atoms with van der Waals surface area (Å²) in [5.74, 6) is 0.737. The molecule has 1 aromatic rings. The molecule has 0 spiro atoms. The van der Waals surface area contributed by atoms with Crippen molar-refractivity contribution in [2.24, 2.45) is 0 Å². The number of piperazine rings is 1. The molecule has 0 bridgehead atoms. The molecule has 3 rings (SSSR count). The van der Waals surface area contributed by atoms with Crippen LogP contribution in [0.25, 0.3) is 0 Å². The maximum atomic E-state index is 10.5. The van der Waals surface area contributed by atoms with Crippen molar-refractivity contribution in [1.82, 2.24) is 9.80 Å². The van der Waals surface area contributed by atoms with Crippen LogP contribution in [0.2, 0.25) is 0 Å². The van der Waals surface area contributed by atoms with E-state index < -0.39 is 6.10 Å². The Morgan fingerprint density at radius 1 is 0.957 bits per heavy atom. The third kappa shape index (κ3) is 4.54. The Hall–Kier alpha value is -0.940. The van der Waals surface area contributed by atoms with Crippen molar-refractivity contribution in [2.45, 2.75) is 37.7 Å². The van der Waals surface area contributed by atoms with E-state index in [1.807, 2.05) is 0 Å². The molecule has 0 unspecified atom stereocenters. The van der Waals surface area contributed by atoms with Crippen molar-refractivity contribution in [2.75, 3.05) is 45.9 Å². The molecule has 4 heteroatoms. The molecule has 128 valence electrons. The zero-order valence-corrected chi connectivity index (χ0v) is 14.0. The van der Waals surface area contributed by atoms with Crippen LogP contribution in [0.5, 0.6) is 0 Å². The first-order chi connectivity index (χ1) is 11.3. The van der Waals surface area contributed by atoms with E-state index in [2.05, 4.69) is 34.1 Å². The number of aliphatic hydroxyl groups excluding tert-OH is 2. The van der Waals surface area contributed by atoms with Gasteiger partial charge in [-0.05, 0) is 29.9 Å². The van der Waals surface area contributed by atoms with Crippen molar-refractivity contribution in [1.29, 1.82) is 0 Å². The first-order valence-electron chi connectivity index (χ1n) is 9.10.